The van der Waals surface area contributed by atoms with Gasteiger partial charge in [0.25, 0.3) is 4.33 Å². The molecule has 0 aliphatic carbocycles. The number of hydrogen-bond acceptors (Lipinski definition) is 1. The number of alkyl halides is 5. The molecular formula is C3H3Cl2F3O2. The molecule has 0 fully saturated rings. The van der Waals surface area contributed by atoms with Gasteiger partial charge in [0.1, 0.15) is 0 Å². The molecule has 0 unspecified atom stereocenters. The van der Waals surface area contributed by atoms with Crippen molar-refractivity contribution in [3.63, 3.8) is 0 Å². The first-order chi connectivity index (χ1) is 3.81. The fraction of sp³-hybridized carbons (Fsp3) is 0.667. The Morgan fingerprint density at radius 3 is 1.50 bits per heavy atom. The predicted molar refractivity (Wildman–Crippen MR) is 30.2 cm³/mol. The molecule has 0 radical (unpaired) electrons. The van der Waals surface area contributed by atoms with Crippen molar-refractivity contribution in [2.45, 2.75) is 10.5 Å². The maximum atomic E-state index is 11.3. The zero-order valence-electron chi connectivity index (χ0n) is 4.38. The van der Waals surface area contributed by atoms with Crippen molar-refractivity contribution in [3.8, 4) is 0 Å². The summed E-state index contributed by atoms with van der Waals surface area (Å²) in [6, 6.07) is 0. The summed E-state index contributed by atoms with van der Waals surface area (Å²) in [7, 11) is 0. The molecule has 0 aromatic rings. The number of hydrogen-bond donors (Lipinski definition) is 0. The predicted octanol–water partition coefficient (Wildman–Crippen LogP) is 1.10. The summed E-state index contributed by atoms with van der Waals surface area (Å²) in [5.74, 6) is 0. The van der Waals surface area contributed by atoms with Crippen molar-refractivity contribution >= 4 is 29.5 Å². The maximum Gasteiger partial charge on any atom is 0.428 e. The minimum atomic E-state index is -4.89. The van der Waals surface area contributed by atoms with E-state index in [4.69, 9.17) is 0 Å². The van der Waals surface area contributed by atoms with E-state index < -0.39 is 16.8 Å². The van der Waals surface area contributed by atoms with Crippen LogP contribution in [0.1, 0.15) is 0 Å². The minimum absolute atomic E-state index is 0. The van der Waals surface area contributed by atoms with Gasteiger partial charge in [-0.2, -0.15) is 13.2 Å². The Kier molecular flexibility index (Phi) is 4.31. The van der Waals surface area contributed by atoms with Gasteiger partial charge in [0, 0.05) is 0 Å². The van der Waals surface area contributed by atoms with Gasteiger partial charge in [-0.1, -0.05) is 23.2 Å². The highest BCUT2D eigenvalue weighted by Gasteiger charge is 2.52. The molecule has 10 heavy (non-hydrogen) atoms. The van der Waals surface area contributed by atoms with Crippen LogP contribution in [0.3, 0.4) is 0 Å². The number of aldehydes is 1. The molecular weight excluding hydrogens is 196 g/mol. The molecule has 0 heterocycles. The van der Waals surface area contributed by atoms with Crippen LogP contribution >= 0.6 is 23.2 Å². The Balaban J connectivity index is 0. The highest BCUT2D eigenvalue weighted by atomic mass is 35.5. The second-order valence-corrected chi connectivity index (χ2v) is 2.62. The van der Waals surface area contributed by atoms with Gasteiger partial charge < -0.3 is 5.48 Å². The fourth-order valence-electron chi connectivity index (χ4n) is 0.0668. The molecule has 0 rings (SSSR count). The zero-order chi connectivity index (χ0) is 7.71. The number of carbonyl (C=O) groups is 1. The third-order valence-corrected chi connectivity index (χ3v) is 1.13. The van der Waals surface area contributed by atoms with Crippen LogP contribution in [0.4, 0.5) is 13.2 Å². The third-order valence-electron chi connectivity index (χ3n) is 0.526. The summed E-state index contributed by atoms with van der Waals surface area (Å²) < 4.78 is 30.8. The Labute approximate surface area is 64.2 Å². The van der Waals surface area contributed by atoms with Crippen LogP contribution in [0.5, 0.6) is 0 Å². The van der Waals surface area contributed by atoms with Crippen LogP contribution in [-0.2, 0) is 4.79 Å². The monoisotopic (exact) mass is 198 g/mol. The molecule has 0 aromatic carbocycles. The highest BCUT2D eigenvalue weighted by Crippen LogP contribution is 2.37. The molecule has 0 saturated heterocycles. The largest absolute Gasteiger partial charge is 0.428 e. The zero-order valence-corrected chi connectivity index (χ0v) is 5.89. The van der Waals surface area contributed by atoms with E-state index in [2.05, 4.69) is 23.2 Å². The van der Waals surface area contributed by atoms with Crippen LogP contribution < -0.4 is 0 Å². The van der Waals surface area contributed by atoms with Crippen molar-refractivity contribution in [2.24, 2.45) is 0 Å². The molecule has 0 saturated carbocycles. The van der Waals surface area contributed by atoms with Crippen LogP contribution in [0, 0.1) is 0 Å². The second-order valence-electron chi connectivity index (χ2n) is 1.24. The van der Waals surface area contributed by atoms with Crippen LogP contribution in [0.2, 0.25) is 0 Å². The van der Waals surface area contributed by atoms with Crippen molar-refractivity contribution < 1.29 is 23.4 Å². The molecule has 0 aromatic heterocycles. The van der Waals surface area contributed by atoms with Gasteiger partial charge in [-0.25, -0.2) is 0 Å². The first kappa shape index (κ1) is 12.7. The maximum absolute atomic E-state index is 11.3. The molecule has 0 spiro atoms. The quantitative estimate of drug-likeness (QED) is 0.460. The van der Waals surface area contributed by atoms with Gasteiger partial charge in [0.15, 0.2) is 6.29 Å². The van der Waals surface area contributed by atoms with Crippen molar-refractivity contribution in [1.82, 2.24) is 0 Å². The van der Waals surface area contributed by atoms with E-state index in [1.165, 1.54) is 0 Å². The second kappa shape index (κ2) is 3.41. The number of rotatable bonds is 1. The van der Waals surface area contributed by atoms with Crippen molar-refractivity contribution in [2.75, 3.05) is 0 Å². The lowest BCUT2D eigenvalue weighted by molar-refractivity contribution is -0.149. The average Bonchev–Trinajstić information content (AvgIpc) is 1.64. The number of halogens is 5. The molecule has 62 valence electrons. The van der Waals surface area contributed by atoms with Gasteiger partial charge in [-0.15, -0.1) is 0 Å². The summed E-state index contributed by atoms with van der Waals surface area (Å²) in [6.45, 7) is 0. The van der Waals surface area contributed by atoms with Crippen molar-refractivity contribution in [3.05, 3.63) is 0 Å². The van der Waals surface area contributed by atoms with E-state index in [9.17, 15) is 18.0 Å². The molecule has 0 aliphatic rings. The average molecular weight is 199 g/mol. The Morgan fingerprint density at radius 2 is 1.50 bits per heavy atom. The van der Waals surface area contributed by atoms with Gasteiger partial charge in [0.05, 0.1) is 0 Å². The standard InChI is InChI=1S/C3HCl2F3O.H2O/c4-2(5,1-9)3(6,7)8;/h1H;1H2. The van der Waals surface area contributed by atoms with Gasteiger partial charge >= 0.3 is 6.18 Å². The third kappa shape index (κ3) is 2.72. The molecule has 7 heteroatoms. The first-order valence-electron chi connectivity index (χ1n) is 1.72. The smallest absolute Gasteiger partial charge is 0.412 e. The van der Waals surface area contributed by atoms with Gasteiger partial charge in [-0.3, -0.25) is 4.79 Å². The minimum Gasteiger partial charge on any atom is -0.412 e. The lowest BCUT2D eigenvalue weighted by Crippen LogP contribution is -2.35. The summed E-state index contributed by atoms with van der Waals surface area (Å²) in [5.41, 5.74) is 0. The van der Waals surface area contributed by atoms with E-state index in [0.717, 1.165) is 0 Å². The Bertz CT molecular complexity index is 121. The fourth-order valence-corrected chi connectivity index (χ4v) is 0.0668. The van der Waals surface area contributed by atoms with Crippen molar-refractivity contribution in [1.29, 1.82) is 0 Å². The van der Waals surface area contributed by atoms with Crippen LogP contribution in [0.15, 0.2) is 0 Å². The molecule has 0 amide bonds. The summed E-state index contributed by atoms with van der Waals surface area (Å²) in [4.78, 5) is 9.49. The van der Waals surface area contributed by atoms with Crippen LogP contribution in [0.25, 0.3) is 0 Å². The van der Waals surface area contributed by atoms with Crippen LogP contribution in [-0.4, -0.2) is 22.3 Å². The topological polar surface area (TPSA) is 48.6 Å². The SMILES string of the molecule is O.O=CC(Cl)(Cl)C(F)(F)F. The molecule has 0 bridgehead atoms. The summed E-state index contributed by atoms with van der Waals surface area (Å²) in [5, 5.41) is 0. The molecule has 0 aliphatic heterocycles. The molecule has 2 N–H and O–H groups in total. The lowest BCUT2D eigenvalue weighted by atomic mass is 10.4. The molecule has 2 nitrogen and oxygen atoms in total. The van der Waals surface area contributed by atoms with E-state index in [1.54, 1.807) is 0 Å². The Morgan fingerprint density at radius 1 is 1.20 bits per heavy atom. The van der Waals surface area contributed by atoms with E-state index in [-0.39, 0.29) is 5.48 Å². The summed E-state index contributed by atoms with van der Waals surface area (Å²) >= 11 is 8.94. The molecule has 0 atom stereocenters. The first-order valence-corrected chi connectivity index (χ1v) is 2.48. The normalized spacial score (nSPS) is 12.1. The van der Waals surface area contributed by atoms with Gasteiger partial charge in [-0.05, 0) is 0 Å². The lowest BCUT2D eigenvalue weighted by Gasteiger charge is -2.14. The Hall–Kier alpha value is -0.0000000000000000555. The van der Waals surface area contributed by atoms with E-state index >= 15 is 0 Å². The summed E-state index contributed by atoms with van der Waals surface area (Å²) in [6.07, 6.45) is -5.46. The van der Waals surface area contributed by atoms with E-state index in [0.29, 0.717) is 0 Å². The number of carbonyl (C=O) groups excluding carboxylic acids is 1. The van der Waals surface area contributed by atoms with E-state index in [1.807, 2.05) is 0 Å². The van der Waals surface area contributed by atoms with Gasteiger partial charge in [0.2, 0.25) is 0 Å². The highest BCUT2D eigenvalue weighted by molar-refractivity contribution is 6.56.